The molecule has 4 atom stereocenters. The Morgan fingerprint density at radius 1 is 0.347 bits per heavy atom. The molecule has 0 fully saturated rings. The predicted octanol–water partition coefficient (Wildman–Crippen LogP) is 7.35. The number of ketones is 4. The van der Waals surface area contributed by atoms with Gasteiger partial charge in [0.1, 0.15) is 23.1 Å². The zero-order chi connectivity index (χ0) is 57.3. The molecule has 0 spiro atoms. The quantitative estimate of drug-likeness (QED) is 0.0220. The van der Waals surface area contributed by atoms with Gasteiger partial charge in [0.25, 0.3) is 0 Å². The first-order valence-electron chi connectivity index (χ1n) is 28.2. The largest absolute Gasteiger partial charge is 0.355 e. The number of hydrogen-bond acceptors (Lipinski definition) is 15. The van der Waals surface area contributed by atoms with Gasteiger partial charge in [0.15, 0.2) is 0 Å². The van der Waals surface area contributed by atoms with Gasteiger partial charge in [0.05, 0.1) is 14.6 Å². The molecule has 0 heterocycles. The van der Waals surface area contributed by atoms with Crippen LogP contribution >= 0.6 is 35.3 Å². The van der Waals surface area contributed by atoms with Crippen molar-refractivity contribution < 1.29 is 38.4 Å². The molecule has 4 amide bonds. The second-order valence-electron chi connectivity index (χ2n) is 22.6. The molecule has 0 aliphatic rings. The second kappa shape index (κ2) is 39.8. The Morgan fingerprint density at radius 3 is 1.12 bits per heavy atom. The monoisotopic (exact) mass is 1110 g/mol. The van der Waals surface area contributed by atoms with Crippen LogP contribution in [-0.4, -0.2) is 142 Å². The molecule has 4 unspecified atom stereocenters. The molecular weight excluding hydrogens is 1010 g/mol. The van der Waals surface area contributed by atoms with E-state index in [1.54, 1.807) is 0 Å². The van der Waals surface area contributed by atoms with Gasteiger partial charge >= 0.3 is 0 Å². The summed E-state index contributed by atoms with van der Waals surface area (Å²) in [6.45, 7) is 34.6. The first-order chi connectivity index (χ1) is 35.0. The molecule has 0 radical (unpaired) electrons. The van der Waals surface area contributed by atoms with Crippen molar-refractivity contribution in [3.05, 3.63) is 0 Å². The molecule has 8 N–H and O–H groups in total. The van der Waals surface area contributed by atoms with E-state index in [-0.39, 0.29) is 159 Å². The smallest absolute Gasteiger partial charge is 0.222 e. The lowest BCUT2D eigenvalue weighted by molar-refractivity contribution is -0.123. The number of rotatable bonds is 46. The van der Waals surface area contributed by atoms with Gasteiger partial charge in [-0.3, -0.25) is 38.4 Å². The van der Waals surface area contributed by atoms with E-state index in [1.807, 2.05) is 111 Å². The minimum atomic E-state index is -1.22. The van der Waals surface area contributed by atoms with Gasteiger partial charge in [0.2, 0.25) is 23.6 Å². The van der Waals surface area contributed by atoms with Crippen molar-refractivity contribution in [3.8, 4) is 0 Å². The van der Waals surface area contributed by atoms with Crippen LogP contribution in [-0.2, 0) is 38.4 Å². The summed E-state index contributed by atoms with van der Waals surface area (Å²) < 4.78 is -2.43. The molecule has 0 saturated heterocycles. The van der Waals surface area contributed by atoms with Gasteiger partial charge in [-0.15, -0.1) is 35.3 Å². The average Bonchev–Trinajstić information content (AvgIpc) is 3.30. The van der Waals surface area contributed by atoms with Crippen molar-refractivity contribution in [1.82, 2.24) is 42.5 Å². The summed E-state index contributed by atoms with van der Waals surface area (Å²) >= 11 is 4.26. The topological polar surface area (TPSA) is 233 Å². The molecule has 0 aromatic rings. The van der Waals surface area contributed by atoms with E-state index in [4.69, 9.17) is 0 Å². The van der Waals surface area contributed by atoms with Gasteiger partial charge in [0, 0.05) is 156 Å². The third kappa shape index (κ3) is 36.3. The van der Waals surface area contributed by atoms with Crippen LogP contribution in [0.4, 0.5) is 0 Å². The summed E-state index contributed by atoms with van der Waals surface area (Å²) in [5.41, 5.74) is 0. The van der Waals surface area contributed by atoms with E-state index >= 15 is 0 Å². The second-order valence-corrected chi connectivity index (χ2v) is 28.2. The molecule has 19 heteroatoms. The maximum atomic E-state index is 14.7. The minimum Gasteiger partial charge on any atom is -0.355 e. The van der Waals surface area contributed by atoms with Crippen molar-refractivity contribution in [2.24, 2.45) is 23.7 Å². The van der Waals surface area contributed by atoms with Gasteiger partial charge in [-0.1, -0.05) is 111 Å². The van der Waals surface area contributed by atoms with Crippen molar-refractivity contribution in [1.29, 1.82) is 0 Å². The highest BCUT2D eigenvalue weighted by Crippen LogP contribution is 2.60. The number of carbonyl (C=O) groups excluding carboxylic acids is 8. The van der Waals surface area contributed by atoms with Crippen LogP contribution in [0.5, 0.6) is 0 Å². The highest BCUT2D eigenvalue weighted by molar-refractivity contribution is 8.26. The van der Waals surface area contributed by atoms with Crippen molar-refractivity contribution in [3.63, 3.8) is 0 Å². The normalized spacial score (nSPS) is 14.4. The van der Waals surface area contributed by atoms with E-state index in [0.29, 0.717) is 58.8 Å². The fourth-order valence-electron chi connectivity index (χ4n) is 7.69. The molecule has 0 aliphatic carbocycles. The maximum absolute atomic E-state index is 14.7. The molecule has 0 rings (SSSR count). The third-order valence-corrected chi connectivity index (χ3v) is 17.9. The molecule has 0 aromatic heterocycles. The van der Waals surface area contributed by atoms with Gasteiger partial charge < -0.3 is 42.5 Å². The zero-order valence-corrected chi connectivity index (χ0v) is 51.9. The van der Waals surface area contributed by atoms with Crippen LogP contribution in [0.2, 0.25) is 0 Å². The molecule has 436 valence electrons. The van der Waals surface area contributed by atoms with Crippen LogP contribution in [0.15, 0.2) is 0 Å². The number of hydrogen-bond donors (Lipinski definition) is 8. The summed E-state index contributed by atoms with van der Waals surface area (Å²) in [6.07, 6.45) is 1.21. The van der Waals surface area contributed by atoms with Crippen LogP contribution in [0.3, 0.4) is 0 Å². The first-order valence-corrected chi connectivity index (χ1v) is 30.7. The molecule has 0 aliphatic heterocycles. The number of nitrogens with one attached hydrogen (secondary N) is 8. The fourth-order valence-corrected chi connectivity index (χ4v) is 14.6. The van der Waals surface area contributed by atoms with E-state index in [9.17, 15) is 38.4 Å². The number of thioether (sulfide) groups is 3. The van der Waals surface area contributed by atoms with E-state index in [2.05, 4.69) is 42.5 Å². The third-order valence-electron chi connectivity index (χ3n) is 12.3. The summed E-state index contributed by atoms with van der Waals surface area (Å²) in [5.74, 6) is -2.33. The Labute approximate surface area is 467 Å². The SMILES string of the molecule is CC(C)NCCNC(=O)CCC(CC(=O)C(C)C)SC(CCC(=O)C(C)C)(CC(=O)NCCNC(C)C)SC(CCC(=O)NCCNC(C)C)(CC(=O)C(C)C)SC(CCC(=O)C(C)C)CC(=O)NCCNC(C)C. The van der Waals surface area contributed by atoms with Crippen LogP contribution < -0.4 is 42.5 Å². The maximum Gasteiger partial charge on any atom is 0.222 e. The van der Waals surface area contributed by atoms with E-state index in [1.165, 1.54) is 35.3 Å². The number of Topliss-reactive ketones (excluding diaryl/α,β-unsaturated/α-hetero) is 4. The molecular formula is C56H106N8O8S3. The van der Waals surface area contributed by atoms with Crippen LogP contribution in [0.25, 0.3) is 0 Å². The van der Waals surface area contributed by atoms with Gasteiger partial charge in [-0.2, -0.15) is 0 Å². The van der Waals surface area contributed by atoms with Crippen LogP contribution in [0, 0.1) is 23.7 Å². The highest BCUT2D eigenvalue weighted by atomic mass is 32.2. The molecule has 16 nitrogen and oxygen atoms in total. The lowest BCUT2D eigenvalue weighted by atomic mass is 10.0. The predicted molar refractivity (Wildman–Crippen MR) is 315 cm³/mol. The summed E-state index contributed by atoms with van der Waals surface area (Å²) in [6, 6.07) is 0.860. The van der Waals surface area contributed by atoms with Crippen molar-refractivity contribution >= 4 is 82.0 Å². The highest BCUT2D eigenvalue weighted by Gasteiger charge is 2.48. The summed E-state index contributed by atoms with van der Waals surface area (Å²) in [4.78, 5) is 112. The Kier molecular flexibility index (Phi) is 38.4. The Bertz CT molecular complexity index is 1720. The fraction of sp³-hybridized carbons (Fsp3) is 0.857. The van der Waals surface area contributed by atoms with Crippen molar-refractivity contribution in [2.45, 2.75) is 231 Å². The Hall–Kier alpha value is -2.55. The molecule has 0 saturated carbocycles. The Balaban J connectivity index is 8.43. The van der Waals surface area contributed by atoms with E-state index in [0.717, 1.165) is 0 Å². The van der Waals surface area contributed by atoms with Crippen molar-refractivity contribution in [2.75, 3.05) is 52.4 Å². The Morgan fingerprint density at radius 2 is 0.693 bits per heavy atom. The average molecular weight is 1120 g/mol. The zero-order valence-electron chi connectivity index (χ0n) is 49.4. The minimum absolute atomic E-state index is 0.00237. The summed E-state index contributed by atoms with van der Waals surface area (Å²) in [7, 11) is 0. The molecule has 0 bridgehead atoms. The van der Waals surface area contributed by atoms with Gasteiger partial charge in [-0.05, 0) is 25.7 Å². The lowest BCUT2D eigenvalue weighted by Gasteiger charge is -2.45. The lowest BCUT2D eigenvalue weighted by Crippen LogP contribution is -2.43. The first kappa shape index (κ1) is 72.5. The number of carbonyl (C=O) groups is 8. The van der Waals surface area contributed by atoms with Gasteiger partial charge in [-0.25, -0.2) is 0 Å². The molecule has 75 heavy (non-hydrogen) atoms. The summed E-state index contributed by atoms with van der Waals surface area (Å²) in [5, 5.41) is 24.5. The molecule has 0 aromatic carbocycles. The van der Waals surface area contributed by atoms with Crippen LogP contribution in [0.1, 0.15) is 188 Å². The number of amides is 4. The van der Waals surface area contributed by atoms with E-state index < -0.39 is 24.6 Å². The standard InChI is InChI=1S/C56H106N8O8S3/c1-37(2)47(65)19-17-46(34-53(71)63-31-27-59-43(13)14)74-55(35-50(68)40(7)8,24-22-52(70)62-30-26-58-42(11)12)75-56(23-21-48(66)38(3)4,36-54(72)64-32-28-60-44(15)16)73-45(33-49(67)39(5)6)18-20-51(69)61-29-25-57-41(9)10/h37-46,57-60H,17-36H2,1-16H3,(H,61,69)(H,62,70)(H,63,71)(H,64,72).